The van der Waals surface area contributed by atoms with Crippen LogP contribution >= 0.6 is 114 Å². The quantitative estimate of drug-likeness (QED) is 0.0189. The van der Waals surface area contributed by atoms with Gasteiger partial charge in [-0.2, -0.15) is 0 Å². The fourth-order valence-electron chi connectivity index (χ4n) is 22.8. The average Bonchev–Trinajstić information content (AvgIpc) is 1.47. The number of fused-ring (bicyclic) bond motifs is 15. The van der Waals surface area contributed by atoms with E-state index in [-0.39, 0.29) is 106 Å². The van der Waals surface area contributed by atoms with E-state index in [2.05, 4.69) is 95.2 Å². The number of rotatable bonds is 16. The zero-order chi connectivity index (χ0) is 77.9. The van der Waals surface area contributed by atoms with Crippen molar-refractivity contribution in [1.82, 2.24) is 0 Å². The van der Waals surface area contributed by atoms with Crippen molar-refractivity contribution in [2.45, 2.75) is 225 Å². The first-order valence-electron chi connectivity index (χ1n) is 35.4. The van der Waals surface area contributed by atoms with E-state index in [1.165, 1.54) is 36.5 Å². The molecule has 9 fully saturated rings. The van der Waals surface area contributed by atoms with E-state index in [0.717, 1.165) is 0 Å². The van der Waals surface area contributed by atoms with E-state index in [4.69, 9.17) is 9.47 Å². The van der Waals surface area contributed by atoms with E-state index in [1.807, 2.05) is 0 Å². The molecule has 598 valence electrons. The van der Waals surface area contributed by atoms with E-state index in [9.17, 15) is 84.2 Å². The Morgan fingerprint density at radius 3 is 1.12 bits per heavy atom. The first-order chi connectivity index (χ1) is 48.4. The minimum atomic E-state index is -2.08. The molecule has 7 N–H and O–H groups in total. The standard InChI is InChI=1S/C26H34BrFO6.C26H34FNO9.C22H29FO5.CH4.I3.I2.HI/c1-15-11-19-18-7-6-16-12-17(29)8-9-23(16,2)25(18,28)20(30)13-24(19,3)26(15,33)21(31)14-34-22(32)5-4-10-27;1-15-11-19-18-7-6-16-12-17(29)8-9-23(16,2)25(18,27)20(30)13-24(19,3)26(15,33)21(31)14-36-22(32)5-4-10-37-28(34)35;1-12-8-16-15-5-4-13-9-14(25)6-7-19(13,2)21(15,23)17(26)10-20(16,3)22(12,28)18(27)11-24;;1-3-2;1-2;/h8-9,12,15,18-20,30,33H,4-7,10-11,13-14H2,1-3H3;8-9,12,15,18-20,30,33H,4-7,10-11,13-14H2,1-3H3;6-7,9,12,15-17,24,26,28H,4-5,8,10-11H2,1-3H3;1H4;;;1H/q;;;;-1;;. The van der Waals surface area contributed by atoms with Gasteiger partial charge in [-0.3, -0.25) is 38.4 Å². The Bertz CT molecular complexity index is 3610. The molecular formula is C75H102BrF3I6NO20-. The fraction of sp³-hybridized carbons (Fsp3) is 0.733. The molecule has 0 aromatic carbocycles. The third-order valence-corrected chi connectivity index (χ3v) is 28.6. The van der Waals surface area contributed by atoms with Crippen LogP contribution in [0.2, 0.25) is 0 Å². The fourth-order valence-corrected chi connectivity index (χ4v) is 23.0. The van der Waals surface area contributed by atoms with Crippen molar-refractivity contribution in [3.05, 3.63) is 81.5 Å². The van der Waals surface area contributed by atoms with Crippen molar-refractivity contribution >= 4 is 161 Å². The van der Waals surface area contributed by atoms with Crippen molar-refractivity contribution < 1.29 is 120 Å². The summed E-state index contributed by atoms with van der Waals surface area (Å²) < 4.78 is 61.3. The number of aliphatic hydroxyl groups excluding tert-OH is 4. The molecule has 24 atom stereocenters. The number of nitrogens with zero attached hydrogens (tertiary/aromatic N) is 1. The number of aliphatic hydroxyl groups is 7. The summed E-state index contributed by atoms with van der Waals surface area (Å²) in [5.74, 6) is -8.18. The molecule has 21 nitrogen and oxygen atoms in total. The van der Waals surface area contributed by atoms with E-state index >= 15 is 13.2 Å². The Hall–Kier alpha value is -1.03. The van der Waals surface area contributed by atoms with Gasteiger partial charge in [0.15, 0.2) is 53.4 Å². The van der Waals surface area contributed by atoms with Gasteiger partial charge in [-0.15, -0.1) is 34.1 Å². The van der Waals surface area contributed by atoms with Gasteiger partial charge in [0.1, 0.15) is 23.4 Å². The summed E-state index contributed by atoms with van der Waals surface area (Å²) >= 11 is 12.8. The third kappa shape index (κ3) is 14.9. The summed E-state index contributed by atoms with van der Waals surface area (Å²) in [6, 6.07) is 0. The first-order valence-corrected chi connectivity index (χ1v) is 55.4. The molecule has 0 spiro atoms. The summed E-state index contributed by atoms with van der Waals surface area (Å²) in [6.45, 7) is 13.3. The molecule has 0 amide bonds. The Balaban J connectivity index is 0.000000241. The number of carbonyl (C=O) groups excluding carboxylic acids is 8. The van der Waals surface area contributed by atoms with E-state index < -0.39 is 180 Å². The van der Waals surface area contributed by atoms with Crippen molar-refractivity contribution in [2.24, 2.45) is 85.8 Å². The summed E-state index contributed by atoms with van der Waals surface area (Å²) in [6.07, 6.45) is 13.2. The summed E-state index contributed by atoms with van der Waals surface area (Å²) in [5.41, 5.74) is -16.3. The van der Waals surface area contributed by atoms with Gasteiger partial charge >= 0.3 is 62.4 Å². The van der Waals surface area contributed by atoms with Crippen LogP contribution in [-0.2, 0) is 52.7 Å². The first kappa shape index (κ1) is 93.8. The molecule has 9 saturated carbocycles. The van der Waals surface area contributed by atoms with E-state index in [1.54, 1.807) is 80.5 Å². The van der Waals surface area contributed by atoms with Gasteiger partial charge < -0.3 is 50.1 Å². The Kier molecular flexibility index (Phi) is 31.2. The molecule has 24 unspecified atom stereocenters. The molecule has 0 bridgehead atoms. The Labute approximate surface area is 696 Å². The molecule has 0 aliphatic heterocycles. The molecule has 12 aliphatic rings. The number of esters is 2. The van der Waals surface area contributed by atoms with Crippen LogP contribution in [0.4, 0.5) is 13.2 Å². The van der Waals surface area contributed by atoms with Gasteiger partial charge in [0, 0.05) is 106 Å². The summed E-state index contributed by atoms with van der Waals surface area (Å²) in [4.78, 5) is 113. The molecule has 0 radical (unpaired) electrons. The zero-order valence-corrected chi connectivity index (χ0v) is 74.9. The molecule has 12 aliphatic carbocycles. The van der Waals surface area contributed by atoms with Crippen molar-refractivity contribution in [2.75, 3.05) is 31.8 Å². The SMILES string of the molecule is C.CC1CC2C3CCC4=CC(=O)C=CC4(C)C3(F)C(O)CC2(C)C1(O)C(=O)CO.CC1CC2C3CCC4=CC(=O)C=CC4(C)C3(F)C(O)CC2(C)C1(O)C(=O)COC(=O)CCCBr.CC1CC2C3CCC4=CC(=O)C=CC4(C)C3(F)C(O)CC2(C)C1(O)C(=O)COC(=O)CCCO[N+](=O)[O-].I.II.I[I-]I. The monoisotopic (exact) mass is 2230 g/mol. The second kappa shape index (κ2) is 35.2. The normalized spacial score (nSPS) is 43.4. The molecule has 12 rings (SSSR count). The molecule has 0 aromatic heterocycles. The van der Waals surface area contributed by atoms with Crippen LogP contribution in [0.3, 0.4) is 0 Å². The van der Waals surface area contributed by atoms with Crippen molar-refractivity contribution in [3.63, 3.8) is 0 Å². The molecule has 106 heavy (non-hydrogen) atoms. The number of ketones is 6. The predicted octanol–water partition coefficient (Wildman–Crippen LogP) is 9.75. The van der Waals surface area contributed by atoms with Gasteiger partial charge in [-0.05, 0) is 183 Å². The number of hydrogen-bond donors (Lipinski definition) is 7. The van der Waals surface area contributed by atoms with Crippen LogP contribution in [-0.4, -0.2) is 171 Å². The molecule has 0 heterocycles. The van der Waals surface area contributed by atoms with E-state index in [0.29, 0.717) is 99.5 Å². The van der Waals surface area contributed by atoms with Crippen LogP contribution in [0, 0.1) is 95.9 Å². The van der Waals surface area contributed by atoms with Crippen LogP contribution in [0.1, 0.15) is 172 Å². The summed E-state index contributed by atoms with van der Waals surface area (Å²) in [5, 5.41) is 88.2. The number of alkyl halides is 4. The molecule has 0 aromatic rings. The van der Waals surface area contributed by atoms with Crippen molar-refractivity contribution in [3.8, 4) is 0 Å². The number of ether oxygens (including phenoxy) is 2. The zero-order valence-electron chi connectivity index (χ0n) is 60.2. The number of carbonyl (C=O) groups is 8. The van der Waals surface area contributed by atoms with Crippen LogP contribution in [0.25, 0.3) is 0 Å². The van der Waals surface area contributed by atoms with Crippen LogP contribution < -0.4 is 13.3 Å². The maximum absolute atomic E-state index is 17.2. The number of allylic oxidation sites excluding steroid dienone is 12. The average molecular weight is 2240 g/mol. The molecular weight excluding hydrogens is 2130 g/mol. The van der Waals surface area contributed by atoms with Crippen molar-refractivity contribution in [1.29, 1.82) is 0 Å². The number of hydrogen-bond acceptors (Lipinski definition) is 20. The topological polar surface area (TPSA) is 349 Å². The molecule has 31 heteroatoms. The van der Waals surface area contributed by atoms with Crippen LogP contribution in [0.15, 0.2) is 71.4 Å². The van der Waals surface area contributed by atoms with Gasteiger partial charge in [-0.25, -0.2) is 13.2 Å². The predicted molar refractivity (Wildman–Crippen MR) is 431 cm³/mol. The molecule has 0 saturated heterocycles. The maximum atomic E-state index is 17.2. The van der Waals surface area contributed by atoms with Crippen LogP contribution in [0.5, 0.6) is 0 Å². The minimum absolute atomic E-state index is 0. The van der Waals surface area contributed by atoms with Gasteiger partial charge in [0.05, 0.1) is 24.9 Å². The summed E-state index contributed by atoms with van der Waals surface area (Å²) in [7, 11) is 0. The number of Topliss-reactive ketones (excluding diaryl/α,β-unsaturated/α-hetero) is 3. The van der Waals surface area contributed by atoms with Gasteiger partial charge in [-0.1, -0.05) is 99.8 Å². The Morgan fingerprint density at radius 1 is 0.566 bits per heavy atom. The van der Waals surface area contributed by atoms with Gasteiger partial charge in [0.25, 0.3) is 5.09 Å². The third-order valence-electron chi connectivity index (χ3n) is 28.1. The number of halogens is 10. The second-order valence-corrected chi connectivity index (χ2v) is 49.3. The second-order valence-electron chi connectivity index (χ2n) is 32.3. The Morgan fingerprint density at radius 2 is 0.849 bits per heavy atom. The van der Waals surface area contributed by atoms with Gasteiger partial charge in [0.2, 0.25) is 11.6 Å².